The van der Waals surface area contributed by atoms with E-state index in [-0.39, 0.29) is 23.1 Å². The molecule has 1 saturated carbocycles. The molecule has 0 aromatic heterocycles. The summed E-state index contributed by atoms with van der Waals surface area (Å²) in [6, 6.07) is 4.59. The lowest BCUT2D eigenvalue weighted by molar-refractivity contribution is 0.0829. The van der Waals surface area contributed by atoms with Gasteiger partial charge in [-0.3, -0.25) is 0 Å². The van der Waals surface area contributed by atoms with Crippen molar-refractivity contribution in [2.24, 2.45) is 5.92 Å². The highest BCUT2D eigenvalue weighted by Crippen LogP contribution is 2.38. The molecule has 126 valence electrons. The molecule has 23 heavy (non-hydrogen) atoms. The van der Waals surface area contributed by atoms with Crippen LogP contribution in [-0.4, -0.2) is 39.5 Å². The Morgan fingerprint density at radius 1 is 1.26 bits per heavy atom. The highest BCUT2D eigenvalue weighted by molar-refractivity contribution is 7.90. The van der Waals surface area contributed by atoms with Crippen LogP contribution in [0.4, 0.5) is 10.5 Å². The van der Waals surface area contributed by atoms with Gasteiger partial charge in [0.2, 0.25) is 0 Å². The zero-order valence-electron chi connectivity index (χ0n) is 13.3. The number of hydrogen-bond donors (Lipinski definition) is 2. The predicted molar refractivity (Wildman–Crippen MR) is 87.3 cm³/mol. The monoisotopic (exact) mass is 338 g/mol. The van der Waals surface area contributed by atoms with Crippen LogP contribution in [0.5, 0.6) is 0 Å². The summed E-state index contributed by atoms with van der Waals surface area (Å²) in [6.07, 6.45) is 4.43. The maximum absolute atomic E-state index is 12.2. The van der Waals surface area contributed by atoms with Crippen LogP contribution in [0.2, 0.25) is 0 Å². The molecule has 2 amide bonds. The van der Waals surface area contributed by atoms with Crippen molar-refractivity contribution in [3.05, 3.63) is 23.8 Å². The van der Waals surface area contributed by atoms with Gasteiger partial charge in [-0.1, -0.05) is 6.07 Å². The van der Waals surface area contributed by atoms with Crippen molar-refractivity contribution >= 4 is 21.6 Å². The van der Waals surface area contributed by atoms with E-state index >= 15 is 0 Å². The number of urea groups is 1. The summed E-state index contributed by atoms with van der Waals surface area (Å²) in [7, 11) is -3.32. The average molecular weight is 338 g/mol. The SMILES string of the molecule is Cc1ccc(NC(=O)N[C@H]2CCO[C@H]2C2CC2)cc1S(C)(=O)=O. The predicted octanol–water partition coefficient (Wildman–Crippen LogP) is 2.09. The van der Waals surface area contributed by atoms with Crippen molar-refractivity contribution in [1.29, 1.82) is 0 Å². The smallest absolute Gasteiger partial charge is 0.319 e. The van der Waals surface area contributed by atoms with Gasteiger partial charge in [0.05, 0.1) is 17.0 Å². The van der Waals surface area contributed by atoms with Crippen LogP contribution in [0.1, 0.15) is 24.8 Å². The lowest BCUT2D eigenvalue weighted by atomic mass is 10.1. The fourth-order valence-electron chi connectivity index (χ4n) is 3.07. The van der Waals surface area contributed by atoms with Crippen LogP contribution in [0.25, 0.3) is 0 Å². The van der Waals surface area contributed by atoms with E-state index in [1.165, 1.54) is 18.9 Å². The Morgan fingerprint density at radius 2 is 2.00 bits per heavy atom. The quantitative estimate of drug-likeness (QED) is 0.880. The number of rotatable bonds is 4. The molecule has 1 saturated heterocycles. The first-order valence-corrected chi connectivity index (χ1v) is 9.73. The van der Waals surface area contributed by atoms with Crippen molar-refractivity contribution in [3.63, 3.8) is 0 Å². The summed E-state index contributed by atoms with van der Waals surface area (Å²) >= 11 is 0. The summed E-state index contributed by atoms with van der Waals surface area (Å²) in [5, 5.41) is 5.67. The van der Waals surface area contributed by atoms with Crippen molar-refractivity contribution in [1.82, 2.24) is 5.32 Å². The second kappa shape index (κ2) is 6.13. The molecule has 2 aliphatic rings. The Hall–Kier alpha value is -1.60. The molecule has 6 nitrogen and oxygen atoms in total. The Morgan fingerprint density at radius 3 is 2.65 bits per heavy atom. The van der Waals surface area contributed by atoms with Crippen LogP contribution in [0.3, 0.4) is 0 Å². The molecular weight excluding hydrogens is 316 g/mol. The normalized spacial score (nSPS) is 24.4. The van der Waals surface area contributed by atoms with Gasteiger partial charge in [0.1, 0.15) is 0 Å². The molecule has 0 radical (unpaired) electrons. The Bertz CT molecular complexity index is 713. The molecule has 7 heteroatoms. The minimum absolute atomic E-state index is 0.0299. The van der Waals surface area contributed by atoms with E-state index in [9.17, 15) is 13.2 Å². The number of ether oxygens (including phenoxy) is 1. The fourth-order valence-corrected chi connectivity index (χ4v) is 4.06. The van der Waals surface area contributed by atoms with Crippen molar-refractivity contribution < 1.29 is 17.9 Å². The minimum atomic E-state index is -3.32. The van der Waals surface area contributed by atoms with Gasteiger partial charge in [-0.25, -0.2) is 13.2 Å². The third-order valence-corrected chi connectivity index (χ3v) is 5.62. The summed E-state index contributed by atoms with van der Waals surface area (Å²) in [5.41, 5.74) is 1.13. The number of carbonyl (C=O) groups is 1. The van der Waals surface area contributed by atoms with Crippen molar-refractivity contribution in [3.8, 4) is 0 Å². The first kappa shape index (κ1) is 16.3. The van der Waals surface area contributed by atoms with Gasteiger partial charge in [0, 0.05) is 18.6 Å². The molecular formula is C16H22N2O4S. The van der Waals surface area contributed by atoms with Gasteiger partial charge in [0.25, 0.3) is 0 Å². The second-order valence-corrected chi connectivity index (χ2v) is 8.40. The molecule has 2 atom stereocenters. The number of anilines is 1. The van der Waals surface area contributed by atoms with Gasteiger partial charge in [0.15, 0.2) is 9.84 Å². The number of benzene rings is 1. The topological polar surface area (TPSA) is 84.5 Å². The summed E-state index contributed by atoms with van der Waals surface area (Å²) < 4.78 is 29.2. The van der Waals surface area contributed by atoms with Crippen LogP contribution < -0.4 is 10.6 Å². The first-order chi connectivity index (χ1) is 10.8. The number of aryl methyl sites for hydroxylation is 1. The molecule has 1 aliphatic carbocycles. The van der Waals surface area contributed by atoms with Gasteiger partial charge < -0.3 is 15.4 Å². The summed E-state index contributed by atoms with van der Waals surface area (Å²) in [6.45, 7) is 2.41. The van der Waals surface area contributed by atoms with Gasteiger partial charge in [-0.2, -0.15) is 0 Å². The average Bonchev–Trinajstić information content (AvgIpc) is 3.20. The first-order valence-electron chi connectivity index (χ1n) is 7.84. The molecule has 2 fully saturated rings. The fraction of sp³-hybridized carbons (Fsp3) is 0.562. The summed E-state index contributed by atoms with van der Waals surface area (Å²) in [4.78, 5) is 12.4. The molecule has 1 aliphatic heterocycles. The Balaban J connectivity index is 1.66. The number of carbonyl (C=O) groups excluding carboxylic acids is 1. The molecule has 1 aromatic carbocycles. The molecule has 3 rings (SSSR count). The van der Waals surface area contributed by atoms with Crippen LogP contribution >= 0.6 is 0 Å². The van der Waals surface area contributed by atoms with E-state index < -0.39 is 9.84 Å². The molecule has 1 aromatic rings. The molecule has 0 bridgehead atoms. The standard InChI is InChI=1S/C16H22N2O4S/c1-10-3-6-12(9-14(10)23(2,20)21)17-16(19)18-13-7-8-22-15(13)11-4-5-11/h3,6,9,11,13,15H,4-5,7-8H2,1-2H3,(H2,17,18,19)/t13-,15-/m0/s1. The Kier molecular flexibility index (Phi) is 4.33. The third-order valence-electron chi connectivity index (χ3n) is 4.38. The van der Waals surface area contributed by atoms with Crippen LogP contribution in [0, 0.1) is 12.8 Å². The number of hydrogen-bond acceptors (Lipinski definition) is 4. The highest BCUT2D eigenvalue weighted by atomic mass is 32.2. The third kappa shape index (κ3) is 3.84. The minimum Gasteiger partial charge on any atom is -0.376 e. The maximum atomic E-state index is 12.2. The molecule has 0 spiro atoms. The molecule has 2 N–H and O–H groups in total. The van der Waals surface area contributed by atoms with E-state index in [0.717, 1.165) is 12.7 Å². The number of nitrogens with one attached hydrogen (secondary N) is 2. The van der Waals surface area contributed by atoms with Crippen LogP contribution in [0.15, 0.2) is 23.1 Å². The molecule has 0 unspecified atom stereocenters. The second-order valence-electron chi connectivity index (χ2n) is 6.42. The zero-order valence-corrected chi connectivity index (χ0v) is 14.2. The van der Waals surface area contributed by atoms with E-state index in [1.807, 2.05) is 0 Å². The van der Waals surface area contributed by atoms with E-state index in [2.05, 4.69) is 10.6 Å². The van der Waals surface area contributed by atoms with Gasteiger partial charge >= 0.3 is 6.03 Å². The molecule has 1 heterocycles. The van der Waals surface area contributed by atoms with Gasteiger partial charge in [-0.15, -0.1) is 0 Å². The Labute approximate surface area is 136 Å². The van der Waals surface area contributed by atoms with E-state index in [0.29, 0.717) is 23.8 Å². The van der Waals surface area contributed by atoms with Crippen molar-refractivity contribution in [2.75, 3.05) is 18.2 Å². The van der Waals surface area contributed by atoms with E-state index in [4.69, 9.17) is 4.74 Å². The maximum Gasteiger partial charge on any atom is 0.319 e. The summed E-state index contributed by atoms with van der Waals surface area (Å²) in [5.74, 6) is 0.569. The van der Waals surface area contributed by atoms with Crippen LogP contribution in [-0.2, 0) is 14.6 Å². The lowest BCUT2D eigenvalue weighted by Crippen LogP contribution is -2.43. The number of sulfone groups is 1. The van der Waals surface area contributed by atoms with Crippen molar-refractivity contribution in [2.45, 2.75) is 43.2 Å². The largest absolute Gasteiger partial charge is 0.376 e. The zero-order chi connectivity index (χ0) is 16.6. The van der Waals surface area contributed by atoms with E-state index in [1.54, 1.807) is 19.1 Å². The van der Waals surface area contributed by atoms with Gasteiger partial charge in [-0.05, 0) is 49.8 Å². The number of amides is 2. The highest BCUT2D eigenvalue weighted by Gasteiger charge is 2.41. The lowest BCUT2D eigenvalue weighted by Gasteiger charge is -2.20.